The highest BCUT2D eigenvalue weighted by Crippen LogP contribution is 2.09. The lowest BCUT2D eigenvalue weighted by Gasteiger charge is -1.99. The van der Waals surface area contributed by atoms with Gasteiger partial charge in [0.15, 0.2) is 10.4 Å². The van der Waals surface area contributed by atoms with Crippen LogP contribution in [0.3, 0.4) is 0 Å². The molecule has 0 aliphatic heterocycles. The van der Waals surface area contributed by atoms with E-state index >= 15 is 0 Å². The molecule has 0 aliphatic carbocycles. The second-order valence-corrected chi connectivity index (χ2v) is 2.47. The number of nitrogens with zero attached hydrogens (tertiary/aromatic N) is 1. The van der Waals surface area contributed by atoms with Gasteiger partial charge in [-0.05, 0) is 19.1 Å². The Labute approximate surface area is 70.4 Å². The highest BCUT2D eigenvalue weighted by molar-refractivity contribution is 7.71. The van der Waals surface area contributed by atoms with Crippen molar-refractivity contribution >= 4 is 18.4 Å². The van der Waals surface area contributed by atoms with E-state index in [4.69, 9.17) is 17.3 Å². The molecule has 3 heteroatoms. The summed E-state index contributed by atoms with van der Waals surface area (Å²) in [7, 11) is 0. The first kappa shape index (κ1) is 8.01. The molecule has 0 amide bonds. The molecule has 1 aromatic heterocycles. The van der Waals surface area contributed by atoms with Crippen LogP contribution in [0, 0.1) is 4.64 Å². The van der Waals surface area contributed by atoms with Crippen LogP contribution in [-0.4, -0.2) is 9.67 Å². The molecule has 0 aromatic carbocycles. The molecular weight excluding hydrogens is 158 g/mol. The van der Waals surface area contributed by atoms with E-state index in [2.05, 4.69) is 0 Å². The van der Waals surface area contributed by atoms with Crippen molar-refractivity contribution in [2.45, 2.75) is 6.92 Å². The Bertz CT molecular complexity index is 327. The molecular formula is C8H9NOS. The van der Waals surface area contributed by atoms with Gasteiger partial charge < -0.3 is 9.67 Å². The molecule has 1 heterocycles. The highest BCUT2D eigenvalue weighted by Gasteiger charge is 1.91. The predicted octanol–water partition coefficient (Wildman–Crippen LogP) is 2.41. The first-order valence-electron chi connectivity index (χ1n) is 3.28. The highest BCUT2D eigenvalue weighted by atomic mass is 32.1. The zero-order valence-electron chi connectivity index (χ0n) is 6.19. The smallest absolute Gasteiger partial charge is 0.152 e. The van der Waals surface area contributed by atoms with Crippen LogP contribution < -0.4 is 0 Å². The molecule has 0 spiro atoms. The number of rotatable bonds is 1. The molecule has 0 saturated heterocycles. The van der Waals surface area contributed by atoms with Gasteiger partial charge in [0.2, 0.25) is 0 Å². The summed E-state index contributed by atoms with van der Waals surface area (Å²) in [6.45, 7) is 1.89. The molecule has 1 aromatic rings. The Balaban J connectivity index is 3.28. The lowest BCUT2D eigenvalue weighted by molar-refractivity contribution is 0.468. The summed E-state index contributed by atoms with van der Waals surface area (Å²) in [5, 5.41) is 9.17. The molecule has 0 saturated carbocycles. The van der Waals surface area contributed by atoms with Gasteiger partial charge >= 0.3 is 0 Å². The average Bonchev–Trinajstić information content (AvgIpc) is 1.99. The van der Waals surface area contributed by atoms with Gasteiger partial charge in [-0.25, -0.2) is 0 Å². The predicted molar refractivity (Wildman–Crippen MR) is 47.9 cm³/mol. The van der Waals surface area contributed by atoms with E-state index in [0.29, 0.717) is 4.64 Å². The quantitative estimate of drug-likeness (QED) is 0.650. The zero-order chi connectivity index (χ0) is 8.27. The molecule has 11 heavy (non-hydrogen) atoms. The summed E-state index contributed by atoms with van der Waals surface area (Å²) in [5.74, 6) is 0.139. The van der Waals surface area contributed by atoms with Gasteiger partial charge in [-0.2, -0.15) is 0 Å². The fourth-order valence-electron chi connectivity index (χ4n) is 0.776. The Morgan fingerprint density at radius 2 is 2.36 bits per heavy atom. The van der Waals surface area contributed by atoms with E-state index in [1.165, 1.54) is 0 Å². The number of aromatic hydroxyl groups is 1. The Hall–Kier alpha value is -1.09. The third-order valence-electron chi connectivity index (χ3n) is 1.26. The van der Waals surface area contributed by atoms with Crippen molar-refractivity contribution in [2.75, 3.05) is 0 Å². The van der Waals surface area contributed by atoms with Crippen LogP contribution >= 0.6 is 12.2 Å². The summed E-state index contributed by atoms with van der Waals surface area (Å²) in [4.78, 5) is 0. The van der Waals surface area contributed by atoms with E-state index in [0.717, 1.165) is 0 Å². The van der Waals surface area contributed by atoms with Crippen LogP contribution in [0.5, 0.6) is 5.75 Å². The molecule has 0 radical (unpaired) electrons. The first-order chi connectivity index (χ1) is 5.25. The largest absolute Gasteiger partial charge is 0.505 e. The normalized spacial score (nSPS) is 10.6. The minimum Gasteiger partial charge on any atom is -0.505 e. The van der Waals surface area contributed by atoms with Crippen molar-refractivity contribution in [3.8, 4) is 5.75 Å². The summed E-state index contributed by atoms with van der Waals surface area (Å²) in [6.07, 6.45) is 5.44. The Morgan fingerprint density at radius 3 is 3.00 bits per heavy atom. The van der Waals surface area contributed by atoms with Gasteiger partial charge in [0.1, 0.15) is 0 Å². The average molecular weight is 167 g/mol. The summed E-state index contributed by atoms with van der Waals surface area (Å²) >= 11 is 4.92. The molecule has 58 valence electrons. The van der Waals surface area contributed by atoms with Gasteiger partial charge in [0.25, 0.3) is 0 Å². The van der Waals surface area contributed by atoms with Crippen LogP contribution in [0.25, 0.3) is 6.20 Å². The van der Waals surface area contributed by atoms with Gasteiger partial charge in [-0.1, -0.05) is 18.3 Å². The molecule has 0 fully saturated rings. The van der Waals surface area contributed by atoms with Crippen molar-refractivity contribution in [3.05, 3.63) is 29.0 Å². The molecule has 1 N–H and O–H groups in total. The maximum absolute atomic E-state index is 9.17. The van der Waals surface area contributed by atoms with Crippen LogP contribution in [0.1, 0.15) is 6.92 Å². The molecule has 0 atom stereocenters. The van der Waals surface area contributed by atoms with Crippen LogP contribution in [-0.2, 0) is 0 Å². The van der Waals surface area contributed by atoms with Crippen molar-refractivity contribution in [2.24, 2.45) is 0 Å². The maximum Gasteiger partial charge on any atom is 0.152 e. The molecule has 0 bridgehead atoms. The van der Waals surface area contributed by atoms with Crippen molar-refractivity contribution in [3.63, 3.8) is 0 Å². The second kappa shape index (κ2) is 3.34. The Morgan fingerprint density at radius 1 is 1.64 bits per heavy atom. The molecule has 0 unspecified atom stereocenters. The van der Waals surface area contributed by atoms with Crippen LogP contribution in [0.2, 0.25) is 0 Å². The number of allylic oxidation sites excluding steroid dienone is 1. The third-order valence-corrected chi connectivity index (χ3v) is 1.68. The fourth-order valence-corrected chi connectivity index (χ4v) is 0.966. The van der Waals surface area contributed by atoms with Gasteiger partial charge in [-0.15, -0.1) is 0 Å². The monoisotopic (exact) mass is 167 g/mol. The number of hydrogen-bond donors (Lipinski definition) is 1. The molecule has 0 aliphatic rings. The standard InChI is InChI=1S/C8H9NOS/c1-2-5-9-6-3-4-7(10)8(9)11/h2-6,10H,1H3. The van der Waals surface area contributed by atoms with E-state index < -0.39 is 0 Å². The van der Waals surface area contributed by atoms with E-state index in [1.807, 2.05) is 13.0 Å². The maximum atomic E-state index is 9.17. The van der Waals surface area contributed by atoms with E-state index in [1.54, 1.807) is 29.1 Å². The Kier molecular flexibility index (Phi) is 2.44. The van der Waals surface area contributed by atoms with Gasteiger partial charge in [0.05, 0.1) is 0 Å². The van der Waals surface area contributed by atoms with Crippen molar-refractivity contribution < 1.29 is 5.11 Å². The zero-order valence-corrected chi connectivity index (χ0v) is 7.01. The summed E-state index contributed by atoms with van der Waals surface area (Å²) in [5.41, 5.74) is 0. The lowest BCUT2D eigenvalue weighted by atomic mass is 10.4. The van der Waals surface area contributed by atoms with Crippen LogP contribution in [0.4, 0.5) is 0 Å². The number of hydrogen-bond acceptors (Lipinski definition) is 2. The van der Waals surface area contributed by atoms with Gasteiger partial charge in [-0.3, -0.25) is 0 Å². The first-order valence-corrected chi connectivity index (χ1v) is 3.69. The minimum absolute atomic E-state index is 0.139. The minimum atomic E-state index is 0.139. The van der Waals surface area contributed by atoms with E-state index in [9.17, 15) is 0 Å². The SMILES string of the molecule is CC=Cn1cccc(O)c1=S. The summed E-state index contributed by atoms with van der Waals surface area (Å²) in [6, 6.07) is 3.31. The molecule has 1 rings (SSSR count). The van der Waals surface area contributed by atoms with Crippen LogP contribution in [0.15, 0.2) is 24.4 Å². The number of pyridine rings is 1. The topological polar surface area (TPSA) is 25.2 Å². The van der Waals surface area contributed by atoms with Crippen molar-refractivity contribution in [1.29, 1.82) is 0 Å². The fraction of sp³-hybridized carbons (Fsp3) is 0.125. The lowest BCUT2D eigenvalue weighted by Crippen LogP contribution is -1.87. The summed E-state index contributed by atoms with van der Waals surface area (Å²) < 4.78 is 2.12. The van der Waals surface area contributed by atoms with Crippen molar-refractivity contribution in [1.82, 2.24) is 4.57 Å². The van der Waals surface area contributed by atoms with E-state index in [-0.39, 0.29) is 5.75 Å². The molecule has 2 nitrogen and oxygen atoms in total. The van der Waals surface area contributed by atoms with Gasteiger partial charge in [0, 0.05) is 12.4 Å². The third kappa shape index (κ3) is 1.68. The number of aromatic nitrogens is 1. The second-order valence-electron chi connectivity index (χ2n) is 2.09.